The zero-order valence-corrected chi connectivity index (χ0v) is 10.2. The van der Waals surface area contributed by atoms with E-state index in [1.165, 1.54) is 25.1 Å². The lowest BCUT2D eigenvalue weighted by molar-refractivity contribution is 0.372. The van der Waals surface area contributed by atoms with Gasteiger partial charge in [-0.3, -0.25) is 0 Å². The quantitative estimate of drug-likeness (QED) is 0.787. The second kappa shape index (κ2) is 4.74. The molecular formula is C13H21N3. The summed E-state index contributed by atoms with van der Waals surface area (Å²) < 4.78 is 0. The molecule has 1 aromatic carbocycles. The van der Waals surface area contributed by atoms with Gasteiger partial charge in [0.15, 0.2) is 0 Å². The van der Waals surface area contributed by atoms with Crippen LogP contribution in [0.1, 0.15) is 12.8 Å². The maximum Gasteiger partial charge on any atom is 0.0417 e. The number of nitrogens with zero attached hydrogens (tertiary/aromatic N) is 2. The number of hydrogen-bond acceptors (Lipinski definition) is 3. The van der Waals surface area contributed by atoms with E-state index in [1.54, 1.807) is 0 Å². The minimum atomic E-state index is 0.652. The van der Waals surface area contributed by atoms with Crippen molar-refractivity contribution in [3.05, 3.63) is 24.3 Å². The zero-order valence-electron chi connectivity index (χ0n) is 10.2. The number of anilines is 2. The van der Waals surface area contributed by atoms with Crippen LogP contribution in [0.2, 0.25) is 0 Å². The second-order valence-electron chi connectivity index (χ2n) is 4.84. The highest BCUT2D eigenvalue weighted by molar-refractivity contribution is 5.54. The van der Waals surface area contributed by atoms with Crippen LogP contribution < -0.4 is 10.6 Å². The highest BCUT2D eigenvalue weighted by Crippen LogP contribution is 2.26. The van der Waals surface area contributed by atoms with E-state index in [4.69, 9.17) is 5.73 Å². The molecule has 0 aromatic heterocycles. The Morgan fingerprint density at radius 2 is 2.00 bits per heavy atom. The van der Waals surface area contributed by atoms with Crippen LogP contribution in [0.4, 0.5) is 11.4 Å². The second-order valence-corrected chi connectivity index (χ2v) is 4.84. The summed E-state index contributed by atoms with van der Waals surface area (Å²) in [5.41, 5.74) is 7.86. The van der Waals surface area contributed by atoms with E-state index in [2.05, 4.69) is 36.0 Å². The average Bonchev–Trinajstić information content (AvgIpc) is 2.66. The molecule has 0 saturated carbocycles. The molecule has 0 radical (unpaired) electrons. The van der Waals surface area contributed by atoms with Gasteiger partial charge in [-0.05, 0) is 51.2 Å². The van der Waals surface area contributed by atoms with Gasteiger partial charge in [0.05, 0.1) is 0 Å². The molecule has 3 heteroatoms. The molecule has 16 heavy (non-hydrogen) atoms. The Bertz CT molecular complexity index is 332. The molecule has 1 aliphatic rings. The summed E-state index contributed by atoms with van der Waals surface area (Å²) in [4.78, 5) is 4.76. The molecule has 1 atom stereocenters. The van der Waals surface area contributed by atoms with Crippen LogP contribution in [0.15, 0.2) is 24.3 Å². The molecule has 1 saturated heterocycles. The zero-order chi connectivity index (χ0) is 11.5. The molecule has 2 N–H and O–H groups in total. The first kappa shape index (κ1) is 11.3. The Balaban J connectivity index is 2.10. The van der Waals surface area contributed by atoms with E-state index in [-0.39, 0.29) is 0 Å². The van der Waals surface area contributed by atoms with E-state index in [0.29, 0.717) is 6.04 Å². The lowest BCUT2D eigenvalue weighted by atomic mass is 10.2. The van der Waals surface area contributed by atoms with Crippen molar-refractivity contribution in [3.8, 4) is 0 Å². The van der Waals surface area contributed by atoms with Crippen LogP contribution in [-0.2, 0) is 0 Å². The SMILES string of the molecule is CN(C)CC1CCCN1c1ccc(N)cc1. The van der Waals surface area contributed by atoms with E-state index < -0.39 is 0 Å². The monoisotopic (exact) mass is 219 g/mol. The molecule has 0 aliphatic carbocycles. The highest BCUT2D eigenvalue weighted by Gasteiger charge is 2.24. The molecule has 1 fully saturated rings. The maximum absolute atomic E-state index is 5.71. The summed E-state index contributed by atoms with van der Waals surface area (Å²) in [5.74, 6) is 0. The Labute approximate surface area is 97.8 Å². The van der Waals surface area contributed by atoms with Gasteiger partial charge in [-0.25, -0.2) is 0 Å². The third-order valence-electron chi connectivity index (χ3n) is 3.18. The van der Waals surface area contributed by atoms with Crippen molar-refractivity contribution in [2.75, 3.05) is 37.8 Å². The van der Waals surface area contributed by atoms with E-state index in [0.717, 1.165) is 12.2 Å². The third-order valence-corrected chi connectivity index (χ3v) is 3.18. The van der Waals surface area contributed by atoms with Crippen LogP contribution in [0, 0.1) is 0 Å². The summed E-state index contributed by atoms with van der Waals surface area (Å²) >= 11 is 0. The Morgan fingerprint density at radius 1 is 1.31 bits per heavy atom. The number of benzene rings is 1. The van der Waals surface area contributed by atoms with Crippen molar-refractivity contribution < 1.29 is 0 Å². The van der Waals surface area contributed by atoms with Crippen molar-refractivity contribution in [2.45, 2.75) is 18.9 Å². The van der Waals surface area contributed by atoms with Crippen LogP contribution in [0.25, 0.3) is 0 Å². The van der Waals surface area contributed by atoms with Gasteiger partial charge in [0.2, 0.25) is 0 Å². The standard InChI is InChI=1S/C13H21N3/c1-15(2)10-13-4-3-9-16(13)12-7-5-11(14)6-8-12/h5-8,13H,3-4,9-10,14H2,1-2H3. The van der Waals surface area contributed by atoms with Crippen molar-refractivity contribution in [1.29, 1.82) is 0 Å². The topological polar surface area (TPSA) is 32.5 Å². The number of nitrogen functional groups attached to an aromatic ring is 1. The van der Waals surface area contributed by atoms with Crippen LogP contribution in [-0.4, -0.2) is 38.1 Å². The Hall–Kier alpha value is -1.22. The minimum absolute atomic E-state index is 0.652. The van der Waals surface area contributed by atoms with E-state index in [9.17, 15) is 0 Å². The number of rotatable bonds is 3. The first-order valence-electron chi connectivity index (χ1n) is 5.94. The highest BCUT2D eigenvalue weighted by atomic mass is 15.2. The molecule has 2 rings (SSSR count). The van der Waals surface area contributed by atoms with Gasteiger partial charge in [0, 0.05) is 30.5 Å². The predicted molar refractivity (Wildman–Crippen MR) is 69.8 cm³/mol. The number of nitrogens with two attached hydrogens (primary N) is 1. The average molecular weight is 219 g/mol. The summed E-state index contributed by atoms with van der Waals surface area (Å²) in [6.45, 7) is 2.30. The molecular weight excluding hydrogens is 198 g/mol. The lowest BCUT2D eigenvalue weighted by Crippen LogP contribution is -2.37. The van der Waals surface area contributed by atoms with Gasteiger partial charge < -0.3 is 15.5 Å². The van der Waals surface area contributed by atoms with Crippen LogP contribution >= 0.6 is 0 Å². The van der Waals surface area contributed by atoms with Crippen molar-refractivity contribution >= 4 is 11.4 Å². The van der Waals surface area contributed by atoms with Gasteiger partial charge in [-0.15, -0.1) is 0 Å². The summed E-state index contributed by atoms with van der Waals surface area (Å²) in [7, 11) is 4.28. The van der Waals surface area contributed by atoms with Gasteiger partial charge in [-0.2, -0.15) is 0 Å². The summed E-state index contributed by atoms with van der Waals surface area (Å²) in [6.07, 6.45) is 2.59. The molecule has 0 bridgehead atoms. The van der Waals surface area contributed by atoms with Crippen molar-refractivity contribution in [3.63, 3.8) is 0 Å². The number of likely N-dealkylation sites (N-methyl/N-ethyl adjacent to an activating group) is 1. The predicted octanol–water partition coefficient (Wildman–Crippen LogP) is 1.80. The van der Waals surface area contributed by atoms with Gasteiger partial charge in [0.25, 0.3) is 0 Å². The van der Waals surface area contributed by atoms with Crippen LogP contribution in [0.3, 0.4) is 0 Å². The van der Waals surface area contributed by atoms with Gasteiger partial charge >= 0.3 is 0 Å². The molecule has 0 spiro atoms. The van der Waals surface area contributed by atoms with E-state index >= 15 is 0 Å². The molecule has 1 aliphatic heterocycles. The van der Waals surface area contributed by atoms with Crippen molar-refractivity contribution in [1.82, 2.24) is 4.90 Å². The maximum atomic E-state index is 5.71. The molecule has 0 amide bonds. The fourth-order valence-corrected chi connectivity index (χ4v) is 2.45. The van der Waals surface area contributed by atoms with Crippen LogP contribution in [0.5, 0.6) is 0 Å². The molecule has 3 nitrogen and oxygen atoms in total. The summed E-state index contributed by atoms with van der Waals surface area (Å²) in [6, 6.07) is 8.88. The van der Waals surface area contributed by atoms with Gasteiger partial charge in [-0.1, -0.05) is 0 Å². The number of hydrogen-bond donors (Lipinski definition) is 1. The summed E-state index contributed by atoms with van der Waals surface area (Å²) in [5, 5.41) is 0. The molecule has 1 heterocycles. The van der Waals surface area contributed by atoms with Gasteiger partial charge in [0.1, 0.15) is 0 Å². The first-order chi connectivity index (χ1) is 7.66. The molecule has 1 aromatic rings. The molecule has 1 unspecified atom stereocenters. The normalized spacial score (nSPS) is 20.7. The fourth-order valence-electron chi connectivity index (χ4n) is 2.45. The smallest absolute Gasteiger partial charge is 0.0417 e. The lowest BCUT2D eigenvalue weighted by Gasteiger charge is -2.29. The fraction of sp³-hybridized carbons (Fsp3) is 0.538. The molecule has 88 valence electrons. The van der Waals surface area contributed by atoms with Crippen molar-refractivity contribution in [2.24, 2.45) is 0 Å². The Kier molecular flexibility index (Phi) is 3.34. The first-order valence-corrected chi connectivity index (χ1v) is 5.94. The Morgan fingerprint density at radius 3 is 2.62 bits per heavy atom. The van der Waals surface area contributed by atoms with E-state index in [1.807, 2.05) is 12.1 Å². The minimum Gasteiger partial charge on any atom is -0.399 e. The largest absolute Gasteiger partial charge is 0.399 e. The third kappa shape index (κ3) is 2.47.